The summed E-state index contributed by atoms with van der Waals surface area (Å²) in [6.45, 7) is 7.68. The average molecular weight is 306 g/mol. The fourth-order valence-electron chi connectivity index (χ4n) is 2.61. The van der Waals surface area contributed by atoms with E-state index >= 15 is 0 Å². The van der Waals surface area contributed by atoms with Crippen LogP contribution in [0.2, 0.25) is 0 Å². The van der Waals surface area contributed by atoms with Gasteiger partial charge >= 0.3 is 6.09 Å². The average Bonchev–Trinajstić information content (AvgIpc) is 2.41. The molecule has 1 fully saturated rings. The number of likely N-dealkylation sites (tertiary alicyclic amines) is 1. The molecular formula is C17H26N2O3. The molecule has 0 unspecified atom stereocenters. The summed E-state index contributed by atoms with van der Waals surface area (Å²) in [6, 6.07) is 9.94. The number of piperidine rings is 1. The molecular weight excluding hydrogens is 280 g/mol. The van der Waals surface area contributed by atoms with Crippen molar-refractivity contribution in [3.8, 4) is 0 Å². The first-order valence-electron chi connectivity index (χ1n) is 7.77. The number of aliphatic hydroxyl groups is 1. The minimum Gasteiger partial charge on any atom is -0.444 e. The van der Waals surface area contributed by atoms with Crippen LogP contribution in [0, 0.1) is 0 Å². The predicted octanol–water partition coefficient (Wildman–Crippen LogP) is 2.15. The van der Waals surface area contributed by atoms with Crippen LogP contribution in [0.25, 0.3) is 0 Å². The molecule has 1 aromatic rings. The van der Waals surface area contributed by atoms with Gasteiger partial charge in [0, 0.05) is 19.6 Å². The van der Waals surface area contributed by atoms with E-state index in [1.54, 1.807) is 0 Å². The van der Waals surface area contributed by atoms with Gasteiger partial charge in [-0.3, -0.25) is 4.90 Å². The van der Waals surface area contributed by atoms with Crippen LogP contribution in [0.5, 0.6) is 0 Å². The van der Waals surface area contributed by atoms with Gasteiger partial charge in [-0.25, -0.2) is 4.79 Å². The van der Waals surface area contributed by atoms with Crippen molar-refractivity contribution < 1.29 is 14.6 Å². The summed E-state index contributed by atoms with van der Waals surface area (Å²) in [5.41, 5.74) is 0.705. The van der Waals surface area contributed by atoms with E-state index in [9.17, 15) is 9.90 Å². The Balaban J connectivity index is 1.81. The zero-order valence-corrected chi connectivity index (χ0v) is 13.6. The third-order valence-electron chi connectivity index (χ3n) is 3.62. The molecule has 0 radical (unpaired) electrons. The van der Waals surface area contributed by atoms with E-state index < -0.39 is 17.8 Å². The fourth-order valence-corrected chi connectivity index (χ4v) is 2.61. The zero-order valence-electron chi connectivity index (χ0n) is 13.6. The van der Waals surface area contributed by atoms with Crippen LogP contribution in [0.3, 0.4) is 0 Å². The van der Waals surface area contributed by atoms with Gasteiger partial charge in [0.1, 0.15) is 5.60 Å². The fraction of sp³-hybridized carbons (Fsp3) is 0.588. The predicted molar refractivity (Wildman–Crippen MR) is 85.5 cm³/mol. The van der Waals surface area contributed by atoms with Gasteiger partial charge in [-0.2, -0.15) is 0 Å². The van der Waals surface area contributed by atoms with Crippen molar-refractivity contribution in [2.75, 3.05) is 13.1 Å². The van der Waals surface area contributed by atoms with Crippen molar-refractivity contribution in [1.82, 2.24) is 10.2 Å². The molecule has 1 aliphatic heterocycles. The molecule has 2 rings (SSSR count). The van der Waals surface area contributed by atoms with Crippen LogP contribution >= 0.6 is 0 Å². The van der Waals surface area contributed by atoms with E-state index in [1.165, 1.54) is 5.56 Å². The number of rotatable bonds is 3. The summed E-state index contributed by atoms with van der Waals surface area (Å²) >= 11 is 0. The molecule has 1 aromatic carbocycles. The molecule has 1 aliphatic rings. The highest BCUT2D eigenvalue weighted by atomic mass is 16.6. The largest absolute Gasteiger partial charge is 0.444 e. The van der Waals surface area contributed by atoms with Gasteiger partial charge in [-0.1, -0.05) is 30.3 Å². The number of hydrogen-bond acceptors (Lipinski definition) is 4. The Kier molecular flexibility index (Phi) is 5.42. The number of β-amino-alcohol motifs (C(OH)–C–C–N with tert-alkyl or cyclic N) is 1. The number of carbonyl (C=O) groups is 1. The van der Waals surface area contributed by atoms with Gasteiger partial charge in [0.15, 0.2) is 0 Å². The Morgan fingerprint density at radius 1 is 1.36 bits per heavy atom. The second-order valence-corrected chi connectivity index (χ2v) is 6.83. The Morgan fingerprint density at radius 3 is 2.64 bits per heavy atom. The third-order valence-corrected chi connectivity index (χ3v) is 3.62. The molecule has 1 saturated heterocycles. The molecule has 2 atom stereocenters. The topological polar surface area (TPSA) is 61.8 Å². The number of alkyl carbamates (subject to hydrolysis) is 1. The smallest absolute Gasteiger partial charge is 0.407 e. The van der Waals surface area contributed by atoms with E-state index in [0.29, 0.717) is 13.0 Å². The van der Waals surface area contributed by atoms with E-state index in [-0.39, 0.29) is 6.04 Å². The Hall–Kier alpha value is -1.59. The lowest BCUT2D eigenvalue weighted by molar-refractivity contribution is 0.0183. The first kappa shape index (κ1) is 16.8. The molecule has 22 heavy (non-hydrogen) atoms. The highest BCUT2D eigenvalue weighted by molar-refractivity contribution is 5.68. The summed E-state index contributed by atoms with van der Waals surface area (Å²) in [6.07, 6.45) is -0.328. The molecule has 5 nitrogen and oxygen atoms in total. The van der Waals surface area contributed by atoms with Crippen LogP contribution in [0.15, 0.2) is 30.3 Å². The lowest BCUT2D eigenvalue weighted by Gasteiger charge is -2.36. The van der Waals surface area contributed by atoms with Gasteiger partial charge in [0.25, 0.3) is 0 Å². The Bertz CT molecular complexity index is 484. The Morgan fingerprint density at radius 2 is 2.05 bits per heavy atom. The van der Waals surface area contributed by atoms with Crippen LogP contribution in [-0.4, -0.2) is 46.9 Å². The molecule has 5 heteroatoms. The maximum atomic E-state index is 11.8. The number of amides is 1. The summed E-state index contributed by atoms with van der Waals surface area (Å²) in [4.78, 5) is 14.0. The summed E-state index contributed by atoms with van der Waals surface area (Å²) in [5.74, 6) is 0. The second kappa shape index (κ2) is 7.11. The molecule has 0 saturated carbocycles. The molecule has 0 aliphatic carbocycles. The highest BCUT2D eigenvalue weighted by Gasteiger charge is 2.30. The molecule has 122 valence electrons. The quantitative estimate of drug-likeness (QED) is 0.898. The molecule has 0 bridgehead atoms. The molecule has 2 N–H and O–H groups in total. The molecule has 1 heterocycles. The lowest BCUT2D eigenvalue weighted by atomic mass is 10.0. The molecule has 0 aromatic heterocycles. The van der Waals surface area contributed by atoms with Crippen molar-refractivity contribution in [3.05, 3.63) is 35.9 Å². The third kappa shape index (κ3) is 5.31. The van der Waals surface area contributed by atoms with Crippen LogP contribution in [-0.2, 0) is 11.3 Å². The van der Waals surface area contributed by atoms with Crippen molar-refractivity contribution >= 4 is 6.09 Å². The van der Waals surface area contributed by atoms with Crippen molar-refractivity contribution in [3.63, 3.8) is 0 Å². The second-order valence-electron chi connectivity index (χ2n) is 6.83. The first-order valence-corrected chi connectivity index (χ1v) is 7.77. The summed E-state index contributed by atoms with van der Waals surface area (Å²) < 4.78 is 5.24. The monoisotopic (exact) mass is 306 g/mol. The standard InChI is InChI=1S/C17H26N2O3/c1-17(2,3)22-16(21)18-14-9-10-19(12-15(14)20)11-13-7-5-4-6-8-13/h4-8,14-15,20H,9-12H2,1-3H3,(H,18,21)/t14-,15-/m1/s1. The lowest BCUT2D eigenvalue weighted by Crippen LogP contribution is -2.54. The maximum Gasteiger partial charge on any atom is 0.407 e. The van der Waals surface area contributed by atoms with Crippen molar-refractivity contribution in [2.45, 2.75) is 51.5 Å². The SMILES string of the molecule is CC(C)(C)OC(=O)N[C@@H]1CCN(Cc2ccccc2)C[C@H]1O. The minimum atomic E-state index is -0.579. The number of hydrogen-bond donors (Lipinski definition) is 2. The van der Waals surface area contributed by atoms with Crippen LogP contribution in [0.1, 0.15) is 32.8 Å². The van der Waals surface area contributed by atoms with E-state index in [1.807, 2.05) is 39.0 Å². The van der Waals surface area contributed by atoms with Gasteiger partial charge in [0.05, 0.1) is 12.1 Å². The number of ether oxygens (including phenoxy) is 1. The maximum absolute atomic E-state index is 11.8. The van der Waals surface area contributed by atoms with E-state index in [4.69, 9.17) is 4.74 Å². The first-order chi connectivity index (χ1) is 10.3. The number of nitrogens with zero attached hydrogens (tertiary/aromatic N) is 1. The van der Waals surface area contributed by atoms with E-state index in [0.717, 1.165) is 13.1 Å². The Labute approximate surface area is 132 Å². The van der Waals surface area contributed by atoms with Crippen molar-refractivity contribution in [1.29, 1.82) is 0 Å². The van der Waals surface area contributed by atoms with Gasteiger partial charge in [0.2, 0.25) is 0 Å². The molecule has 1 amide bonds. The van der Waals surface area contributed by atoms with Gasteiger partial charge in [-0.15, -0.1) is 0 Å². The van der Waals surface area contributed by atoms with Crippen LogP contribution in [0.4, 0.5) is 4.79 Å². The molecule has 0 spiro atoms. The number of aliphatic hydroxyl groups excluding tert-OH is 1. The van der Waals surface area contributed by atoms with Crippen molar-refractivity contribution in [2.24, 2.45) is 0 Å². The summed E-state index contributed by atoms with van der Waals surface area (Å²) in [7, 11) is 0. The highest BCUT2D eigenvalue weighted by Crippen LogP contribution is 2.15. The van der Waals surface area contributed by atoms with E-state index in [2.05, 4.69) is 22.3 Å². The minimum absolute atomic E-state index is 0.248. The van der Waals surface area contributed by atoms with Gasteiger partial charge in [-0.05, 0) is 32.8 Å². The number of nitrogens with one attached hydrogen (secondary N) is 1. The number of benzene rings is 1. The number of carbonyl (C=O) groups excluding carboxylic acids is 1. The normalized spacial score (nSPS) is 23.1. The summed E-state index contributed by atoms with van der Waals surface area (Å²) in [5, 5.41) is 13.0. The van der Waals surface area contributed by atoms with Gasteiger partial charge < -0.3 is 15.2 Å². The zero-order chi connectivity index (χ0) is 16.2. The van der Waals surface area contributed by atoms with Crippen LogP contribution < -0.4 is 5.32 Å².